The van der Waals surface area contributed by atoms with Gasteiger partial charge in [-0.25, -0.2) is 0 Å². The number of ether oxygens (including phenoxy) is 2. The average molecular weight is 278 g/mol. The number of aliphatic hydroxyl groups is 1. The highest BCUT2D eigenvalue weighted by atomic mass is 16.5. The zero-order valence-electron chi connectivity index (χ0n) is 12.9. The molecule has 0 radical (unpaired) electrons. The van der Waals surface area contributed by atoms with Crippen molar-refractivity contribution in [3.8, 4) is 11.5 Å². The molecular weight excluding hydrogens is 252 g/mol. The van der Waals surface area contributed by atoms with Crippen LogP contribution in [0.15, 0.2) is 18.2 Å². The third-order valence-corrected chi connectivity index (χ3v) is 4.10. The third kappa shape index (κ3) is 3.66. The monoisotopic (exact) mass is 278 g/mol. The van der Waals surface area contributed by atoms with Gasteiger partial charge in [0.25, 0.3) is 0 Å². The summed E-state index contributed by atoms with van der Waals surface area (Å²) >= 11 is 0. The van der Waals surface area contributed by atoms with Crippen LogP contribution in [0.5, 0.6) is 11.5 Å². The summed E-state index contributed by atoms with van der Waals surface area (Å²) in [7, 11) is 1.64. The van der Waals surface area contributed by atoms with Crippen LogP contribution < -0.4 is 9.47 Å². The molecule has 1 aliphatic carbocycles. The lowest BCUT2D eigenvalue weighted by molar-refractivity contribution is 0.0957. The van der Waals surface area contributed by atoms with E-state index in [9.17, 15) is 5.11 Å². The van der Waals surface area contributed by atoms with Crippen LogP contribution in [0.3, 0.4) is 0 Å². The van der Waals surface area contributed by atoms with Crippen LogP contribution in [0, 0.1) is 11.8 Å². The SMILES string of the molecule is COc1ccc([C@@H](C)O)c(OC2CC(C)CC(C)C2)c1. The summed E-state index contributed by atoms with van der Waals surface area (Å²) in [5.41, 5.74) is 0.830. The highest BCUT2D eigenvalue weighted by Crippen LogP contribution is 2.35. The Morgan fingerprint density at radius 1 is 1.15 bits per heavy atom. The van der Waals surface area contributed by atoms with Crippen molar-refractivity contribution in [3.63, 3.8) is 0 Å². The van der Waals surface area contributed by atoms with E-state index in [-0.39, 0.29) is 6.10 Å². The minimum absolute atomic E-state index is 0.235. The number of methoxy groups -OCH3 is 1. The molecule has 0 bridgehead atoms. The van der Waals surface area contributed by atoms with Crippen molar-refractivity contribution >= 4 is 0 Å². The van der Waals surface area contributed by atoms with Crippen LogP contribution in [0.25, 0.3) is 0 Å². The predicted molar refractivity (Wildman–Crippen MR) is 80.2 cm³/mol. The summed E-state index contributed by atoms with van der Waals surface area (Å²) in [6, 6.07) is 5.63. The quantitative estimate of drug-likeness (QED) is 0.906. The van der Waals surface area contributed by atoms with Gasteiger partial charge in [0.15, 0.2) is 0 Å². The van der Waals surface area contributed by atoms with Crippen LogP contribution >= 0.6 is 0 Å². The van der Waals surface area contributed by atoms with Crippen molar-refractivity contribution in [2.75, 3.05) is 7.11 Å². The van der Waals surface area contributed by atoms with Gasteiger partial charge >= 0.3 is 0 Å². The normalized spacial score (nSPS) is 27.9. The molecule has 0 spiro atoms. The zero-order chi connectivity index (χ0) is 14.7. The van der Waals surface area contributed by atoms with Crippen molar-refractivity contribution in [3.05, 3.63) is 23.8 Å². The Bertz CT molecular complexity index is 432. The van der Waals surface area contributed by atoms with Gasteiger partial charge in [0.2, 0.25) is 0 Å². The van der Waals surface area contributed by atoms with E-state index in [0.717, 1.165) is 29.9 Å². The summed E-state index contributed by atoms with van der Waals surface area (Å²) in [4.78, 5) is 0. The Labute approximate surface area is 121 Å². The van der Waals surface area contributed by atoms with E-state index in [0.29, 0.717) is 11.8 Å². The molecule has 1 aromatic carbocycles. The maximum atomic E-state index is 9.88. The Kier molecular flexibility index (Phi) is 4.92. The van der Waals surface area contributed by atoms with E-state index in [1.54, 1.807) is 14.0 Å². The fourth-order valence-electron chi connectivity index (χ4n) is 3.24. The van der Waals surface area contributed by atoms with E-state index in [4.69, 9.17) is 9.47 Å². The van der Waals surface area contributed by atoms with Gasteiger partial charge in [0, 0.05) is 11.6 Å². The molecule has 112 valence electrons. The third-order valence-electron chi connectivity index (χ3n) is 4.10. The van der Waals surface area contributed by atoms with Crippen molar-refractivity contribution in [2.45, 2.75) is 52.2 Å². The van der Waals surface area contributed by atoms with Crippen LogP contribution in [-0.4, -0.2) is 18.3 Å². The predicted octanol–water partition coefficient (Wildman–Crippen LogP) is 3.95. The molecule has 1 N–H and O–H groups in total. The second kappa shape index (κ2) is 6.49. The van der Waals surface area contributed by atoms with Gasteiger partial charge in [-0.2, -0.15) is 0 Å². The van der Waals surface area contributed by atoms with Crippen LogP contribution in [-0.2, 0) is 0 Å². The van der Waals surface area contributed by atoms with E-state index in [2.05, 4.69) is 13.8 Å². The van der Waals surface area contributed by atoms with Crippen LogP contribution in [0.1, 0.15) is 51.7 Å². The molecule has 0 aliphatic heterocycles. The summed E-state index contributed by atoms with van der Waals surface area (Å²) in [6.07, 6.45) is 3.15. The van der Waals surface area contributed by atoms with Crippen molar-refractivity contribution in [1.29, 1.82) is 0 Å². The highest BCUT2D eigenvalue weighted by molar-refractivity contribution is 5.42. The fourth-order valence-corrected chi connectivity index (χ4v) is 3.24. The molecule has 20 heavy (non-hydrogen) atoms. The number of rotatable bonds is 4. The Morgan fingerprint density at radius 2 is 1.80 bits per heavy atom. The lowest BCUT2D eigenvalue weighted by Crippen LogP contribution is -2.28. The van der Waals surface area contributed by atoms with E-state index in [1.807, 2.05) is 18.2 Å². The average Bonchev–Trinajstić information content (AvgIpc) is 2.37. The first kappa shape index (κ1) is 15.2. The molecule has 0 saturated heterocycles. The summed E-state index contributed by atoms with van der Waals surface area (Å²) in [5.74, 6) is 2.92. The second-order valence-electron chi connectivity index (χ2n) is 6.24. The largest absolute Gasteiger partial charge is 0.497 e. The summed E-state index contributed by atoms with van der Waals surface area (Å²) in [6.45, 7) is 6.33. The molecule has 3 heteroatoms. The van der Waals surface area contributed by atoms with E-state index < -0.39 is 6.10 Å². The van der Waals surface area contributed by atoms with Crippen LogP contribution in [0.2, 0.25) is 0 Å². The molecule has 0 heterocycles. The van der Waals surface area contributed by atoms with Gasteiger partial charge in [0.05, 0.1) is 19.3 Å². The number of benzene rings is 1. The lowest BCUT2D eigenvalue weighted by atomic mass is 9.82. The van der Waals surface area contributed by atoms with E-state index >= 15 is 0 Å². The maximum absolute atomic E-state index is 9.88. The minimum Gasteiger partial charge on any atom is -0.497 e. The molecule has 3 nitrogen and oxygen atoms in total. The van der Waals surface area contributed by atoms with E-state index in [1.165, 1.54) is 6.42 Å². The number of hydrogen-bond donors (Lipinski definition) is 1. The molecule has 3 atom stereocenters. The molecule has 1 aliphatic rings. The lowest BCUT2D eigenvalue weighted by Gasteiger charge is -2.32. The molecule has 1 fully saturated rings. The first-order valence-electron chi connectivity index (χ1n) is 7.52. The smallest absolute Gasteiger partial charge is 0.129 e. The Hall–Kier alpha value is -1.22. The Morgan fingerprint density at radius 3 is 2.35 bits per heavy atom. The Balaban J connectivity index is 2.18. The van der Waals surface area contributed by atoms with Crippen molar-refractivity contribution in [2.24, 2.45) is 11.8 Å². The van der Waals surface area contributed by atoms with Gasteiger partial charge < -0.3 is 14.6 Å². The first-order chi connectivity index (χ1) is 9.49. The summed E-state index contributed by atoms with van der Waals surface area (Å²) in [5, 5.41) is 9.88. The second-order valence-corrected chi connectivity index (χ2v) is 6.24. The van der Waals surface area contributed by atoms with Crippen molar-refractivity contribution in [1.82, 2.24) is 0 Å². The van der Waals surface area contributed by atoms with Gasteiger partial charge in [-0.3, -0.25) is 0 Å². The molecule has 0 aromatic heterocycles. The van der Waals surface area contributed by atoms with Gasteiger partial charge in [0.1, 0.15) is 11.5 Å². The standard InChI is InChI=1S/C17H26O3/c1-11-7-12(2)9-15(8-11)20-17-10-14(19-4)5-6-16(17)13(3)18/h5-6,10-13,15,18H,7-9H2,1-4H3/t11?,12?,13-,15?/m1/s1. The first-order valence-corrected chi connectivity index (χ1v) is 7.52. The fraction of sp³-hybridized carbons (Fsp3) is 0.647. The number of aliphatic hydroxyl groups excluding tert-OH is 1. The minimum atomic E-state index is -0.533. The zero-order valence-corrected chi connectivity index (χ0v) is 12.9. The van der Waals surface area contributed by atoms with Gasteiger partial charge in [-0.05, 0) is 50.2 Å². The maximum Gasteiger partial charge on any atom is 0.129 e. The van der Waals surface area contributed by atoms with Crippen LogP contribution in [0.4, 0.5) is 0 Å². The van der Waals surface area contributed by atoms with Gasteiger partial charge in [-0.1, -0.05) is 13.8 Å². The molecule has 0 amide bonds. The topological polar surface area (TPSA) is 38.7 Å². The molecule has 1 aromatic rings. The molecule has 2 unspecified atom stereocenters. The van der Waals surface area contributed by atoms with Gasteiger partial charge in [-0.15, -0.1) is 0 Å². The highest BCUT2D eigenvalue weighted by Gasteiger charge is 2.26. The molecule has 1 saturated carbocycles. The van der Waals surface area contributed by atoms with Crippen molar-refractivity contribution < 1.29 is 14.6 Å². The molecule has 2 rings (SSSR count). The number of hydrogen-bond acceptors (Lipinski definition) is 3. The molecular formula is C17H26O3. The summed E-state index contributed by atoms with van der Waals surface area (Å²) < 4.78 is 11.5.